The van der Waals surface area contributed by atoms with Gasteiger partial charge in [-0.3, -0.25) is 4.79 Å². The molecular weight excluding hydrogens is 492 g/mol. The molecule has 0 saturated heterocycles. The standard InChI is InChI=1S/C26H30F4N4O3/c1-14(2)9-20-12-22(33-37-20)24-31-32-25(34(24)18-6-7-18)23(36-13-26(28,29)30)11-19(35)10-17-5-8-21(27)16(4)15(17)3/h5,8,12,14,18,23H,6-7,9-11,13H2,1-4H3/t23-/m0/s1. The number of Topliss-reactive ketones (excluding diaryl/α,β-unsaturated/α-hetero) is 1. The van der Waals surface area contributed by atoms with Crippen molar-refractivity contribution in [2.24, 2.45) is 5.92 Å². The predicted octanol–water partition coefficient (Wildman–Crippen LogP) is 6.04. The summed E-state index contributed by atoms with van der Waals surface area (Å²) < 4.78 is 65.5. The van der Waals surface area contributed by atoms with Crippen LogP contribution >= 0.6 is 0 Å². The second kappa shape index (κ2) is 10.7. The van der Waals surface area contributed by atoms with E-state index >= 15 is 0 Å². The highest BCUT2D eigenvalue weighted by Crippen LogP contribution is 2.41. The highest BCUT2D eigenvalue weighted by atomic mass is 19.4. The van der Waals surface area contributed by atoms with Gasteiger partial charge in [-0.05, 0) is 55.4 Å². The minimum absolute atomic E-state index is 0.0284. The molecule has 4 rings (SSSR count). The number of ether oxygens (including phenoxy) is 1. The van der Waals surface area contributed by atoms with E-state index in [1.807, 2.05) is 13.8 Å². The van der Waals surface area contributed by atoms with E-state index in [4.69, 9.17) is 9.26 Å². The van der Waals surface area contributed by atoms with Gasteiger partial charge >= 0.3 is 6.18 Å². The number of hydrogen-bond donors (Lipinski definition) is 0. The maximum atomic E-state index is 13.8. The first kappa shape index (κ1) is 27.0. The number of alkyl halides is 3. The van der Waals surface area contributed by atoms with Crippen molar-refractivity contribution >= 4 is 5.78 Å². The van der Waals surface area contributed by atoms with Crippen LogP contribution in [-0.2, 0) is 22.4 Å². The largest absolute Gasteiger partial charge is 0.411 e. The van der Waals surface area contributed by atoms with Crippen LogP contribution in [0.4, 0.5) is 17.6 Å². The molecule has 0 amide bonds. The lowest BCUT2D eigenvalue weighted by molar-refractivity contribution is -0.188. The molecule has 3 aromatic rings. The van der Waals surface area contributed by atoms with Crippen LogP contribution in [-0.4, -0.2) is 38.5 Å². The minimum atomic E-state index is -4.59. The van der Waals surface area contributed by atoms with Crippen molar-refractivity contribution < 1.29 is 31.6 Å². The summed E-state index contributed by atoms with van der Waals surface area (Å²) >= 11 is 0. The average molecular weight is 523 g/mol. The van der Waals surface area contributed by atoms with Crippen LogP contribution in [0.3, 0.4) is 0 Å². The fourth-order valence-electron chi connectivity index (χ4n) is 4.25. The van der Waals surface area contributed by atoms with Gasteiger partial charge in [0.25, 0.3) is 0 Å². The van der Waals surface area contributed by atoms with Gasteiger partial charge in [-0.1, -0.05) is 25.1 Å². The lowest BCUT2D eigenvalue weighted by Crippen LogP contribution is -2.23. The number of carbonyl (C=O) groups is 1. The van der Waals surface area contributed by atoms with Gasteiger partial charge < -0.3 is 13.8 Å². The highest BCUT2D eigenvalue weighted by molar-refractivity contribution is 5.81. The summed E-state index contributed by atoms with van der Waals surface area (Å²) in [6, 6.07) is 4.53. The summed E-state index contributed by atoms with van der Waals surface area (Å²) in [5.41, 5.74) is 2.10. The molecule has 2 heterocycles. The minimum Gasteiger partial charge on any atom is -0.361 e. The molecule has 1 aliphatic rings. The molecule has 1 atom stereocenters. The molecular formula is C26H30F4N4O3. The Morgan fingerprint density at radius 3 is 2.57 bits per heavy atom. The SMILES string of the molecule is Cc1c(F)ccc(CC(=O)C[C@H](OCC(F)(F)F)c2nnc(-c3cc(CC(C)C)on3)n2C2CC2)c1C. The van der Waals surface area contributed by atoms with Crippen molar-refractivity contribution in [3.8, 4) is 11.5 Å². The average Bonchev–Trinajstić information content (AvgIpc) is 3.39. The Labute approximate surface area is 212 Å². The number of ketones is 1. The maximum absolute atomic E-state index is 13.8. The molecule has 1 aromatic carbocycles. The second-order valence-corrected chi connectivity index (χ2v) is 10.1. The predicted molar refractivity (Wildman–Crippen MR) is 126 cm³/mol. The van der Waals surface area contributed by atoms with E-state index in [1.54, 1.807) is 24.5 Å². The molecule has 7 nitrogen and oxygen atoms in total. The number of rotatable bonds is 11. The third-order valence-electron chi connectivity index (χ3n) is 6.40. The first-order chi connectivity index (χ1) is 17.4. The fraction of sp³-hybridized carbons (Fsp3) is 0.538. The van der Waals surface area contributed by atoms with Crippen LogP contribution in [0.15, 0.2) is 22.7 Å². The first-order valence-corrected chi connectivity index (χ1v) is 12.3. The van der Waals surface area contributed by atoms with Crippen LogP contribution < -0.4 is 0 Å². The van der Waals surface area contributed by atoms with Gasteiger partial charge in [0, 0.05) is 31.4 Å². The van der Waals surface area contributed by atoms with E-state index in [9.17, 15) is 22.4 Å². The van der Waals surface area contributed by atoms with Crippen molar-refractivity contribution in [2.45, 2.75) is 78.1 Å². The molecule has 0 unspecified atom stereocenters. The van der Waals surface area contributed by atoms with Gasteiger partial charge in [-0.15, -0.1) is 10.2 Å². The monoisotopic (exact) mass is 522 g/mol. The Morgan fingerprint density at radius 1 is 1.19 bits per heavy atom. The lowest BCUT2D eigenvalue weighted by Gasteiger charge is -2.19. The zero-order chi connectivity index (χ0) is 26.9. The van der Waals surface area contributed by atoms with E-state index in [0.29, 0.717) is 46.3 Å². The number of hydrogen-bond acceptors (Lipinski definition) is 6. The third-order valence-corrected chi connectivity index (χ3v) is 6.40. The van der Waals surface area contributed by atoms with Crippen LogP contribution in [0.25, 0.3) is 11.5 Å². The van der Waals surface area contributed by atoms with Crippen LogP contribution in [0, 0.1) is 25.6 Å². The van der Waals surface area contributed by atoms with E-state index in [-0.39, 0.29) is 36.3 Å². The molecule has 0 radical (unpaired) electrons. The topological polar surface area (TPSA) is 83.0 Å². The first-order valence-electron chi connectivity index (χ1n) is 12.3. The van der Waals surface area contributed by atoms with Gasteiger partial charge in [0.2, 0.25) is 0 Å². The zero-order valence-electron chi connectivity index (χ0n) is 21.2. The van der Waals surface area contributed by atoms with E-state index < -0.39 is 18.9 Å². The van der Waals surface area contributed by atoms with Crippen molar-refractivity contribution in [3.05, 3.63) is 52.3 Å². The van der Waals surface area contributed by atoms with Crippen molar-refractivity contribution in [1.82, 2.24) is 19.9 Å². The normalized spacial score (nSPS) is 14.9. The Balaban J connectivity index is 1.62. The maximum Gasteiger partial charge on any atom is 0.411 e. The van der Waals surface area contributed by atoms with Gasteiger partial charge in [-0.2, -0.15) is 13.2 Å². The Kier molecular flexibility index (Phi) is 7.82. The van der Waals surface area contributed by atoms with Gasteiger partial charge in [0.1, 0.15) is 30.1 Å². The second-order valence-electron chi connectivity index (χ2n) is 10.1. The van der Waals surface area contributed by atoms with E-state index in [2.05, 4.69) is 15.4 Å². The number of aromatic nitrogens is 4. The van der Waals surface area contributed by atoms with Crippen LogP contribution in [0.1, 0.15) is 73.5 Å². The molecule has 1 fully saturated rings. The van der Waals surface area contributed by atoms with Crippen LogP contribution in [0.2, 0.25) is 0 Å². The molecule has 0 aliphatic heterocycles. The Hall–Kier alpha value is -3.08. The molecule has 0 spiro atoms. The molecule has 0 N–H and O–H groups in total. The molecule has 1 saturated carbocycles. The van der Waals surface area contributed by atoms with Crippen LogP contribution in [0.5, 0.6) is 0 Å². The Bertz CT molecular complexity index is 1260. The molecule has 37 heavy (non-hydrogen) atoms. The Morgan fingerprint density at radius 2 is 1.92 bits per heavy atom. The van der Waals surface area contributed by atoms with Crippen molar-refractivity contribution in [2.75, 3.05) is 6.61 Å². The summed E-state index contributed by atoms with van der Waals surface area (Å²) in [6.07, 6.45) is -3.99. The molecule has 200 valence electrons. The van der Waals surface area contributed by atoms with Gasteiger partial charge in [-0.25, -0.2) is 4.39 Å². The smallest absolute Gasteiger partial charge is 0.361 e. The van der Waals surface area contributed by atoms with Crippen molar-refractivity contribution in [1.29, 1.82) is 0 Å². The highest BCUT2D eigenvalue weighted by Gasteiger charge is 2.37. The summed E-state index contributed by atoms with van der Waals surface area (Å²) in [4.78, 5) is 13.0. The summed E-state index contributed by atoms with van der Waals surface area (Å²) in [5, 5.41) is 12.5. The number of nitrogens with zero attached hydrogens (tertiary/aromatic N) is 4. The quantitative estimate of drug-likeness (QED) is 0.286. The summed E-state index contributed by atoms with van der Waals surface area (Å²) in [7, 11) is 0. The lowest BCUT2D eigenvalue weighted by atomic mass is 9.97. The van der Waals surface area contributed by atoms with Gasteiger partial charge in [0.05, 0.1) is 0 Å². The molecule has 11 heteroatoms. The number of halogens is 4. The van der Waals surface area contributed by atoms with E-state index in [0.717, 1.165) is 12.8 Å². The zero-order valence-corrected chi connectivity index (χ0v) is 21.2. The number of carbonyl (C=O) groups excluding carboxylic acids is 1. The summed E-state index contributed by atoms with van der Waals surface area (Å²) in [6.45, 7) is 5.88. The van der Waals surface area contributed by atoms with Gasteiger partial charge in [0.15, 0.2) is 17.3 Å². The molecule has 1 aliphatic carbocycles. The summed E-state index contributed by atoms with van der Waals surface area (Å²) in [5.74, 6) is 0.799. The van der Waals surface area contributed by atoms with E-state index in [1.165, 1.54) is 12.1 Å². The number of benzene rings is 1. The van der Waals surface area contributed by atoms with Crippen molar-refractivity contribution in [3.63, 3.8) is 0 Å². The fourth-order valence-corrected chi connectivity index (χ4v) is 4.25. The molecule has 0 bridgehead atoms. The molecule has 2 aromatic heterocycles. The third kappa shape index (κ3) is 6.63.